The van der Waals surface area contributed by atoms with Crippen LogP contribution >= 0.6 is 12.4 Å². The molecule has 0 radical (unpaired) electrons. The van der Waals surface area contributed by atoms with Gasteiger partial charge in [-0.15, -0.1) is 12.4 Å². The van der Waals surface area contributed by atoms with Crippen molar-refractivity contribution in [2.75, 3.05) is 19.6 Å². The Kier molecular flexibility index (Phi) is 4.91. The third-order valence-electron chi connectivity index (χ3n) is 4.95. The van der Waals surface area contributed by atoms with Crippen molar-refractivity contribution in [1.29, 1.82) is 0 Å². The topological polar surface area (TPSA) is 32.3 Å². The summed E-state index contributed by atoms with van der Waals surface area (Å²) in [6.45, 7) is 3.36. The van der Waals surface area contributed by atoms with E-state index >= 15 is 0 Å². The molecular weight excluding hydrogens is 248 g/mol. The molecule has 0 aromatic carbocycles. The Balaban J connectivity index is 0.00000120. The summed E-state index contributed by atoms with van der Waals surface area (Å²) < 4.78 is 0. The summed E-state index contributed by atoms with van der Waals surface area (Å²) in [4.78, 5) is 14.4. The van der Waals surface area contributed by atoms with Gasteiger partial charge in [0.05, 0.1) is 0 Å². The van der Waals surface area contributed by atoms with Gasteiger partial charge in [0.2, 0.25) is 5.91 Å². The minimum absolute atomic E-state index is 0. The van der Waals surface area contributed by atoms with Crippen molar-refractivity contribution in [3.63, 3.8) is 0 Å². The molecule has 1 amide bonds. The van der Waals surface area contributed by atoms with Crippen molar-refractivity contribution in [3.8, 4) is 0 Å². The summed E-state index contributed by atoms with van der Waals surface area (Å²) in [5.41, 5.74) is 0. The second-order valence-corrected chi connectivity index (χ2v) is 6.11. The highest BCUT2D eigenvalue weighted by Crippen LogP contribution is 2.37. The van der Waals surface area contributed by atoms with Gasteiger partial charge in [0.25, 0.3) is 0 Å². The number of amides is 1. The lowest BCUT2D eigenvalue weighted by atomic mass is 9.93. The van der Waals surface area contributed by atoms with Gasteiger partial charge in [0, 0.05) is 19.0 Å². The molecule has 1 aliphatic carbocycles. The van der Waals surface area contributed by atoms with Crippen molar-refractivity contribution >= 4 is 18.3 Å². The lowest BCUT2D eigenvalue weighted by Gasteiger charge is -2.28. The fourth-order valence-electron chi connectivity index (χ4n) is 3.87. The highest BCUT2D eigenvalue weighted by atomic mass is 35.5. The maximum atomic E-state index is 12.2. The predicted molar refractivity (Wildman–Crippen MR) is 74.9 cm³/mol. The molecule has 2 unspecified atom stereocenters. The van der Waals surface area contributed by atoms with Crippen LogP contribution in [-0.4, -0.2) is 36.5 Å². The van der Waals surface area contributed by atoms with Crippen LogP contribution < -0.4 is 5.32 Å². The van der Waals surface area contributed by atoms with Gasteiger partial charge < -0.3 is 10.2 Å². The molecule has 2 heterocycles. The number of rotatable bonds is 3. The van der Waals surface area contributed by atoms with Gasteiger partial charge in [-0.1, -0.05) is 0 Å². The molecule has 2 atom stereocenters. The molecule has 4 heteroatoms. The normalized spacial score (nSPS) is 31.4. The third kappa shape index (κ3) is 3.00. The number of fused-ring (bicyclic) bond motifs is 2. The number of nitrogens with zero attached hydrogens (tertiary/aromatic N) is 1. The molecule has 1 N–H and O–H groups in total. The summed E-state index contributed by atoms with van der Waals surface area (Å²) in [5.74, 6) is 2.07. The van der Waals surface area contributed by atoms with Crippen LogP contribution in [0.1, 0.15) is 44.9 Å². The second-order valence-electron chi connectivity index (χ2n) is 6.11. The average molecular weight is 273 g/mol. The molecule has 104 valence electrons. The summed E-state index contributed by atoms with van der Waals surface area (Å²) in [5, 5.41) is 3.38. The van der Waals surface area contributed by atoms with E-state index in [9.17, 15) is 4.79 Å². The summed E-state index contributed by atoms with van der Waals surface area (Å²) in [6.07, 6.45) is 8.37. The van der Waals surface area contributed by atoms with E-state index in [1.165, 1.54) is 32.1 Å². The van der Waals surface area contributed by atoms with Gasteiger partial charge in [0.15, 0.2) is 0 Å². The average Bonchev–Trinajstić information content (AvgIpc) is 2.99. The number of carbonyl (C=O) groups is 1. The smallest absolute Gasteiger partial charge is 0.222 e. The summed E-state index contributed by atoms with van der Waals surface area (Å²) in [6, 6.07) is 0.612. The Morgan fingerprint density at radius 3 is 2.56 bits per heavy atom. The van der Waals surface area contributed by atoms with Crippen molar-refractivity contribution in [2.45, 2.75) is 51.0 Å². The van der Waals surface area contributed by atoms with E-state index < -0.39 is 0 Å². The minimum Gasteiger partial charge on any atom is -0.339 e. The van der Waals surface area contributed by atoms with E-state index in [-0.39, 0.29) is 12.4 Å². The molecule has 3 aliphatic rings. The fourth-order valence-corrected chi connectivity index (χ4v) is 3.87. The Morgan fingerprint density at radius 1 is 1.17 bits per heavy atom. The zero-order valence-corrected chi connectivity index (χ0v) is 11.9. The van der Waals surface area contributed by atoms with Crippen molar-refractivity contribution in [2.24, 2.45) is 11.8 Å². The molecular formula is C14H25ClN2O. The standard InChI is InChI=1S/C14H24N2O.ClH/c17-14(4-2-11-5-7-15-8-6-11)16-10-12-1-3-13(16)9-12;/h11-13,15H,1-10H2;1H. The van der Waals surface area contributed by atoms with E-state index in [1.54, 1.807) is 0 Å². The zero-order chi connectivity index (χ0) is 11.7. The highest BCUT2D eigenvalue weighted by Gasteiger charge is 2.39. The lowest BCUT2D eigenvalue weighted by Crippen LogP contribution is -2.38. The van der Waals surface area contributed by atoms with E-state index in [2.05, 4.69) is 10.2 Å². The molecule has 2 saturated heterocycles. The van der Waals surface area contributed by atoms with Crippen molar-refractivity contribution in [3.05, 3.63) is 0 Å². The zero-order valence-electron chi connectivity index (χ0n) is 11.1. The van der Waals surface area contributed by atoms with E-state index in [4.69, 9.17) is 0 Å². The van der Waals surface area contributed by atoms with Crippen LogP contribution in [-0.2, 0) is 4.79 Å². The molecule has 3 fully saturated rings. The Bertz CT molecular complexity index is 292. The molecule has 18 heavy (non-hydrogen) atoms. The molecule has 3 nitrogen and oxygen atoms in total. The van der Waals surface area contributed by atoms with Crippen LogP contribution in [0, 0.1) is 11.8 Å². The Morgan fingerprint density at radius 2 is 1.94 bits per heavy atom. The fraction of sp³-hybridized carbons (Fsp3) is 0.929. The van der Waals surface area contributed by atoms with Gasteiger partial charge >= 0.3 is 0 Å². The number of likely N-dealkylation sites (tertiary alicyclic amines) is 1. The highest BCUT2D eigenvalue weighted by molar-refractivity contribution is 5.85. The largest absolute Gasteiger partial charge is 0.339 e. The monoisotopic (exact) mass is 272 g/mol. The van der Waals surface area contributed by atoms with Crippen LogP contribution in [0.4, 0.5) is 0 Å². The number of halogens is 1. The SMILES string of the molecule is Cl.O=C(CCC1CCNCC1)N1CC2CCC1C2. The van der Waals surface area contributed by atoms with Gasteiger partial charge in [-0.25, -0.2) is 0 Å². The number of hydrogen-bond donors (Lipinski definition) is 1. The Labute approximate surface area is 116 Å². The molecule has 2 bridgehead atoms. The molecule has 2 aliphatic heterocycles. The van der Waals surface area contributed by atoms with E-state index in [1.807, 2.05) is 0 Å². The first-order valence-corrected chi connectivity index (χ1v) is 7.33. The third-order valence-corrected chi connectivity index (χ3v) is 4.95. The molecule has 3 rings (SSSR count). The lowest BCUT2D eigenvalue weighted by molar-refractivity contribution is -0.133. The summed E-state index contributed by atoms with van der Waals surface area (Å²) in [7, 11) is 0. The Hall–Kier alpha value is -0.280. The number of carbonyl (C=O) groups excluding carboxylic acids is 1. The van der Waals surface area contributed by atoms with Crippen LogP contribution in [0.3, 0.4) is 0 Å². The van der Waals surface area contributed by atoms with Gasteiger partial charge in [0.1, 0.15) is 0 Å². The van der Waals surface area contributed by atoms with Gasteiger partial charge in [-0.05, 0) is 63.5 Å². The van der Waals surface area contributed by atoms with E-state index in [0.29, 0.717) is 11.9 Å². The summed E-state index contributed by atoms with van der Waals surface area (Å²) >= 11 is 0. The second kappa shape index (κ2) is 6.25. The van der Waals surface area contributed by atoms with Crippen LogP contribution in [0.5, 0.6) is 0 Å². The van der Waals surface area contributed by atoms with Crippen molar-refractivity contribution in [1.82, 2.24) is 10.2 Å². The van der Waals surface area contributed by atoms with Crippen LogP contribution in [0.15, 0.2) is 0 Å². The molecule has 0 aromatic rings. The maximum absolute atomic E-state index is 12.2. The molecule has 0 spiro atoms. The van der Waals surface area contributed by atoms with Gasteiger partial charge in [-0.3, -0.25) is 4.79 Å². The van der Waals surface area contributed by atoms with E-state index in [0.717, 1.165) is 44.3 Å². The quantitative estimate of drug-likeness (QED) is 0.854. The number of piperidine rings is 2. The first-order chi connectivity index (χ1) is 8.33. The first-order valence-electron chi connectivity index (χ1n) is 7.33. The first kappa shape index (κ1) is 14.1. The number of nitrogens with one attached hydrogen (secondary N) is 1. The van der Waals surface area contributed by atoms with Gasteiger partial charge in [-0.2, -0.15) is 0 Å². The van der Waals surface area contributed by atoms with Crippen molar-refractivity contribution < 1.29 is 4.79 Å². The molecule has 0 aromatic heterocycles. The molecule has 1 saturated carbocycles. The maximum Gasteiger partial charge on any atom is 0.222 e. The van der Waals surface area contributed by atoms with Crippen LogP contribution in [0.25, 0.3) is 0 Å². The number of hydrogen-bond acceptors (Lipinski definition) is 2. The van der Waals surface area contributed by atoms with Crippen LogP contribution in [0.2, 0.25) is 0 Å². The minimum atomic E-state index is 0. The predicted octanol–water partition coefficient (Wildman–Crippen LogP) is 2.20.